The zero-order chi connectivity index (χ0) is 14.7. The van der Waals surface area contributed by atoms with Gasteiger partial charge in [-0.25, -0.2) is 0 Å². The van der Waals surface area contributed by atoms with Crippen molar-refractivity contribution in [3.63, 3.8) is 0 Å². The molecule has 1 fully saturated rings. The number of carbonyl (C=O) groups excluding carboxylic acids is 2. The normalized spacial score (nSPS) is 20.5. The van der Waals surface area contributed by atoms with Gasteiger partial charge in [0.2, 0.25) is 11.8 Å². The number of nitrogens with one attached hydrogen (secondary N) is 2. The highest BCUT2D eigenvalue weighted by Gasteiger charge is 2.35. The lowest BCUT2D eigenvalue weighted by atomic mass is 10.1. The molecule has 2 unspecified atom stereocenters. The van der Waals surface area contributed by atoms with Crippen molar-refractivity contribution in [3.8, 4) is 0 Å². The van der Waals surface area contributed by atoms with Gasteiger partial charge in [-0.1, -0.05) is 19.1 Å². The van der Waals surface area contributed by atoms with Crippen molar-refractivity contribution < 1.29 is 9.59 Å². The van der Waals surface area contributed by atoms with Crippen molar-refractivity contribution in [3.05, 3.63) is 5.82 Å². The van der Waals surface area contributed by atoms with Crippen molar-refractivity contribution >= 4 is 11.8 Å². The summed E-state index contributed by atoms with van der Waals surface area (Å²) in [7, 11) is 0. The van der Waals surface area contributed by atoms with E-state index in [0.29, 0.717) is 24.8 Å². The fourth-order valence-corrected chi connectivity index (χ4v) is 2.31. The Morgan fingerprint density at radius 3 is 2.85 bits per heavy atom. The second-order valence-corrected chi connectivity index (χ2v) is 5.59. The molecule has 1 aliphatic heterocycles. The van der Waals surface area contributed by atoms with E-state index in [9.17, 15) is 9.59 Å². The molecule has 2 N–H and O–H groups in total. The maximum absolute atomic E-state index is 12.2. The van der Waals surface area contributed by atoms with Crippen LogP contribution in [-0.4, -0.2) is 50.4 Å². The number of amides is 2. The summed E-state index contributed by atoms with van der Waals surface area (Å²) < 4.78 is 0. The summed E-state index contributed by atoms with van der Waals surface area (Å²) >= 11 is 0. The third kappa shape index (κ3) is 3.31. The SMILES string of the molecule is CC(C)CN1CC(C(=O)NC(C)c2nn[nH]n2)CC1=O. The van der Waals surface area contributed by atoms with E-state index in [2.05, 4.69) is 39.8 Å². The van der Waals surface area contributed by atoms with Crippen LogP contribution in [0.4, 0.5) is 0 Å². The quantitative estimate of drug-likeness (QED) is 0.782. The molecule has 1 saturated heterocycles. The molecule has 2 atom stereocenters. The van der Waals surface area contributed by atoms with Crippen LogP contribution < -0.4 is 5.32 Å². The fourth-order valence-electron chi connectivity index (χ4n) is 2.31. The number of aromatic amines is 1. The highest BCUT2D eigenvalue weighted by Crippen LogP contribution is 2.20. The van der Waals surface area contributed by atoms with Crippen LogP contribution in [0.2, 0.25) is 0 Å². The van der Waals surface area contributed by atoms with Gasteiger partial charge in [0.15, 0.2) is 5.82 Å². The molecule has 0 saturated carbocycles. The van der Waals surface area contributed by atoms with Gasteiger partial charge in [0.1, 0.15) is 0 Å². The molecule has 2 rings (SSSR count). The van der Waals surface area contributed by atoms with Crippen LogP contribution >= 0.6 is 0 Å². The van der Waals surface area contributed by atoms with E-state index >= 15 is 0 Å². The molecule has 0 radical (unpaired) electrons. The first-order valence-electron chi connectivity index (χ1n) is 6.79. The molecular formula is C12H20N6O2. The van der Waals surface area contributed by atoms with Crippen LogP contribution in [0, 0.1) is 11.8 Å². The number of rotatable bonds is 5. The van der Waals surface area contributed by atoms with E-state index in [1.54, 1.807) is 11.8 Å². The van der Waals surface area contributed by atoms with Crippen LogP contribution in [0.1, 0.15) is 39.1 Å². The molecular weight excluding hydrogens is 260 g/mol. The average molecular weight is 280 g/mol. The minimum absolute atomic E-state index is 0.0473. The molecule has 0 spiro atoms. The number of hydrogen-bond acceptors (Lipinski definition) is 5. The van der Waals surface area contributed by atoms with Gasteiger partial charge in [0, 0.05) is 19.5 Å². The van der Waals surface area contributed by atoms with Crippen molar-refractivity contribution in [2.75, 3.05) is 13.1 Å². The first-order chi connectivity index (χ1) is 9.47. The average Bonchev–Trinajstić information content (AvgIpc) is 2.99. The van der Waals surface area contributed by atoms with Gasteiger partial charge in [-0.3, -0.25) is 9.59 Å². The van der Waals surface area contributed by atoms with Crippen LogP contribution in [0.5, 0.6) is 0 Å². The highest BCUT2D eigenvalue weighted by atomic mass is 16.2. The number of aromatic nitrogens is 4. The lowest BCUT2D eigenvalue weighted by Crippen LogP contribution is -2.35. The minimum Gasteiger partial charge on any atom is -0.346 e. The lowest BCUT2D eigenvalue weighted by Gasteiger charge is -2.19. The monoisotopic (exact) mass is 280 g/mol. The highest BCUT2D eigenvalue weighted by molar-refractivity contribution is 5.89. The number of hydrogen-bond donors (Lipinski definition) is 2. The summed E-state index contributed by atoms with van der Waals surface area (Å²) in [6.45, 7) is 7.08. The molecule has 110 valence electrons. The molecule has 20 heavy (non-hydrogen) atoms. The second-order valence-electron chi connectivity index (χ2n) is 5.59. The molecule has 2 amide bonds. The number of tetrazole rings is 1. The van der Waals surface area contributed by atoms with Crippen molar-refractivity contribution in [2.45, 2.75) is 33.2 Å². The Morgan fingerprint density at radius 2 is 2.25 bits per heavy atom. The smallest absolute Gasteiger partial charge is 0.226 e. The molecule has 0 aromatic carbocycles. The Kier molecular flexibility index (Phi) is 4.31. The standard InChI is InChI=1S/C12H20N6O2/c1-7(2)5-18-6-9(4-10(18)19)12(20)13-8(3)11-14-16-17-15-11/h7-9H,4-6H2,1-3H3,(H,13,20)(H,14,15,16,17). The minimum atomic E-state index is -0.324. The molecule has 0 bridgehead atoms. The van der Waals surface area contributed by atoms with Crippen LogP contribution in [0.25, 0.3) is 0 Å². The summed E-state index contributed by atoms with van der Waals surface area (Å²) in [6.07, 6.45) is 0.275. The summed E-state index contributed by atoms with van der Waals surface area (Å²) in [5, 5.41) is 16.3. The summed E-state index contributed by atoms with van der Waals surface area (Å²) in [6, 6.07) is -0.324. The molecule has 1 aromatic rings. The van der Waals surface area contributed by atoms with Gasteiger partial charge >= 0.3 is 0 Å². The predicted octanol–water partition coefficient (Wildman–Crippen LogP) is -0.119. The first kappa shape index (κ1) is 14.4. The zero-order valence-corrected chi connectivity index (χ0v) is 12.0. The van der Waals surface area contributed by atoms with E-state index in [1.807, 2.05) is 0 Å². The summed E-state index contributed by atoms with van der Waals surface area (Å²) in [4.78, 5) is 25.8. The first-order valence-corrected chi connectivity index (χ1v) is 6.79. The molecule has 0 aliphatic carbocycles. The molecule has 8 heteroatoms. The Bertz CT molecular complexity index is 472. The van der Waals surface area contributed by atoms with E-state index in [-0.39, 0.29) is 30.2 Å². The topological polar surface area (TPSA) is 104 Å². The van der Waals surface area contributed by atoms with E-state index < -0.39 is 0 Å². The van der Waals surface area contributed by atoms with Crippen LogP contribution in [0.3, 0.4) is 0 Å². The number of H-pyrrole nitrogens is 1. The number of likely N-dealkylation sites (tertiary alicyclic amines) is 1. The van der Waals surface area contributed by atoms with Crippen LogP contribution in [-0.2, 0) is 9.59 Å². The van der Waals surface area contributed by atoms with Gasteiger partial charge in [-0.15, -0.1) is 10.2 Å². The Balaban J connectivity index is 1.89. The van der Waals surface area contributed by atoms with E-state index in [0.717, 1.165) is 0 Å². The maximum Gasteiger partial charge on any atom is 0.226 e. The largest absolute Gasteiger partial charge is 0.346 e. The predicted molar refractivity (Wildman–Crippen MR) is 70.3 cm³/mol. The van der Waals surface area contributed by atoms with Gasteiger partial charge in [-0.05, 0) is 12.8 Å². The number of nitrogens with zero attached hydrogens (tertiary/aromatic N) is 4. The molecule has 1 aromatic heterocycles. The van der Waals surface area contributed by atoms with Gasteiger partial charge < -0.3 is 10.2 Å². The van der Waals surface area contributed by atoms with Crippen molar-refractivity contribution in [1.29, 1.82) is 0 Å². The van der Waals surface area contributed by atoms with Gasteiger partial charge in [0.25, 0.3) is 0 Å². The number of carbonyl (C=O) groups is 2. The second kappa shape index (κ2) is 5.98. The molecule has 2 heterocycles. The van der Waals surface area contributed by atoms with Gasteiger partial charge in [0.05, 0.1) is 12.0 Å². The molecule has 1 aliphatic rings. The maximum atomic E-state index is 12.2. The van der Waals surface area contributed by atoms with Crippen LogP contribution in [0.15, 0.2) is 0 Å². The Labute approximate surface area is 117 Å². The fraction of sp³-hybridized carbons (Fsp3) is 0.750. The van der Waals surface area contributed by atoms with Gasteiger partial charge in [-0.2, -0.15) is 5.21 Å². The zero-order valence-electron chi connectivity index (χ0n) is 12.0. The summed E-state index contributed by atoms with van der Waals surface area (Å²) in [5.74, 6) is 0.448. The van der Waals surface area contributed by atoms with E-state index in [4.69, 9.17) is 0 Å². The Hall–Kier alpha value is -1.99. The lowest BCUT2D eigenvalue weighted by molar-refractivity contribution is -0.129. The third-order valence-corrected chi connectivity index (χ3v) is 3.28. The molecule has 8 nitrogen and oxygen atoms in total. The van der Waals surface area contributed by atoms with E-state index in [1.165, 1.54) is 0 Å². The van der Waals surface area contributed by atoms with Crippen molar-refractivity contribution in [2.24, 2.45) is 11.8 Å². The Morgan fingerprint density at radius 1 is 1.50 bits per heavy atom. The summed E-state index contributed by atoms with van der Waals surface area (Å²) in [5.41, 5.74) is 0. The third-order valence-electron chi connectivity index (χ3n) is 3.28. The van der Waals surface area contributed by atoms with Crippen molar-refractivity contribution in [1.82, 2.24) is 30.8 Å².